The highest BCUT2D eigenvalue weighted by Gasteiger charge is 2.30. The van der Waals surface area contributed by atoms with Gasteiger partial charge in [-0.2, -0.15) is 9.04 Å². The zero-order valence-electron chi connectivity index (χ0n) is 16.1. The molecule has 2 heterocycles. The molecule has 28 heavy (non-hydrogen) atoms. The van der Waals surface area contributed by atoms with Crippen LogP contribution in [0, 0.1) is 5.21 Å². The van der Waals surface area contributed by atoms with Crippen LogP contribution in [0.15, 0.2) is 53.7 Å². The van der Waals surface area contributed by atoms with Gasteiger partial charge in [0.15, 0.2) is 12.4 Å². The monoisotopic (exact) mass is 403 g/mol. The quantitative estimate of drug-likeness (QED) is 0.564. The van der Waals surface area contributed by atoms with Gasteiger partial charge in [0.1, 0.15) is 5.56 Å². The minimum atomic E-state index is -3.59. The summed E-state index contributed by atoms with van der Waals surface area (Å²) in [6.07, 6.45) is 3.54. The number of sulfonamides is 1. The van der Waals surface area contributed by atoms with Crippen molar-refractivity contribution in [3.63, 3.8) is 0 Å². The van der Waals surface area contributed by atoms with Crippen molar-refractivity contribution in [1.29, 1.82) is 0 Å². The third kappa shape index (κ3) is 4.18. The summed E-state index contributed by atoms with van der Waals surface area (Å²) in [5, 5.41) is 11.4. The summed E-state index contributed by atoms with van der Waals surface area (Å²) in [6.45, 7) is 5.24. The molecule has 0 bridgehead atoms. The Bertz CT molecular complexity index is 936. The second-order valence-electron chi connectivity index (χ2n) is 7.03. The van der Waals surface area contributed by atoms with Crippen molar-refractivity contribution in [2.45, 2.75) is 31.1 Å². The molecule has 0 saturated carbocycles. The van der Waals surface area contributed by atoms with E-state index in [2.05, 4.69) is 13.8 Å². The largest absolute Gasteiger partial charge is 0.619 e. The van der Waals surface area contributed by atoms with E-state index in [-0.39, 0.29) is 37.0 Å². The van der Waals surface area contributed by atoms with Gasteiger partial charge in [0.05, 0.1) is 4.90 Å². The number of aromatic nitrogens is 1. The molecule has 1 aromatic carbocycles. The van der Waals surface area contributed by atoms with E-state index < -0.39 is 10.0 Å². The topological polar surface area (TPSA) is 84.6 Å². The molecule has 1 unspecified atom stereocenters. The predicted molar refractivity (Wildman–Crippen MR) is 105 cm³/mol. The van der Waals surface area contributed by atoms with E-state index in [1.165, 1.54) is 22.8 Å². The summed E-state index contributed by atoms with van der Waals surface area (Å²) in [6, 6.07) is 10.2. The van der Waals surface area contributed by atoms with Crippen LogP contribution in [0.1, 0.15) is 42.1 Å². The highest BCUT2D eigenvalue weighted by Crippen LogP contribution is 2.23. The molecular formula is C20H25N3O4S. The highest BCUT2D eigenvalue weighted by atomic mass is 32.2. The number of benzene rings is 1. The van der Waals surface area contributed by atoms with Crippen LogP contribution >= 0.6 is 0 Å². The molecule has 1 aromatic heterocycles. The first-order chi connectivity index (χ1) is 13.3. The average molecular weight is 404 g/mol. The third-order valence-corrected chi connectivity index (χ3v) is 7.16. The number of carbonyl (C=O) groups is 1. The van der Waals surface area contributed by atoms with E-state index in [1.807, 2.05) is 12.1 Å². The van der Waals surface area contributed by atoms with Crippen molar-refractivity contribution in [2.75, 3.05) is 26.2 Å². The van der Waals surface area contributed by atoms with Crippen LogP contribution in [0.2, 0.25) is 0 Å². The Labute approximate surface area is 165 Å². The average Bonchev–Trinajstić information content (AvgIpc) is 2.72. The minimum absolute atomic E-state index is 0.228. The van der Waals surface area contributed by atoms with Gasteiger partial charge in [-0.15, -0.1) is 0 Å². The number of nitrogens with zero attached hydrogens (tertiary/aromatic N) is 3. The van der Waals surface area contributed by atoms with Crippen LogP contribution in [0.5, 0.6) is 0 Å². The van der Waals surface area contributed by atoms with Gasteiger partial charge in [-0.25, -0.2) is 8.42 Å². The first-order valence-electron chi connectivity index (χ1n) is 9.41. The SMILES string of the molecule is CCC(C)c1ccc(S(=O)(=O)N2CCN(C(=O)c3ccc[n+]([O-])c3)CC2)cc1. The van der Waals surface area contributed by atoms with Crippen molar-refractivity contribution in [2.24, 2.45) is 0 Å². The Morgan fingerprint density at radius 2 is 1.79 bits per heavy atom. The fourth-order valence-corrected chi connectivity index (χ4v) is 4.67. The zero-order chi connectivity index (χ0) is 20.3. The number of amides is 1. The van der Waals surface area contributed by atoms with Crippen LogP contribution in [-0.4, -0.2) is 49.7 Å². The van der Waals surface area contributed by atoms with E-state index in [4.69, 9.17) is 0 Å². The van der Waals surface area contributed by atoms with E-state index in [0.29, 0.717) is 16.2 Å². The van der Waals surface area contributed by atoms with Gasteiger partial charge in [-0.1, -0.05) is 26.0 Å². The van der Waals surface area contributed by atoms with E-state index in [0.717, 1.165) is 12.0 Å². The van der Waals surface area contributed by atoms with Crippen molar-refractivity contribution in [3.05, 3.63) is 65.1 Å². The molecule has 1 fully saturated rings. The number of hydrogen-bond acceptors (Lipinski definition) is 4. The lowest BCUT2D eigenvalue weighted by Gasteiger charge is -2.33. The van der Waals surface area contributed by atoms with Gasteiger partial charge in [0, 0.05) is 32.2 Å². The van der Waals surface area contributed by atoms with Crippen molar-refractivity contribution < 1.29 is 17.9 Å². The first kappa shape index (κ1) is 20.3. The zero-order valence-corrected chi connectivity index (χ0v) is 16.9. The molecule has 8 heteroatoms. The summed E-state index contributed by atoms with van der Waals surface area (Å²) in [5.41, 5.74) is 1.42. The van der Waals surface area contributed by atoms with Crippen LogP contribution in [0.4, 0.5) is 0 Å². The molecule has 150 valence electrons. The van der Waals surface area contributed by atoms with Crippen LogP contribution in [0.3, 0.4) is 0 Å². The van der Waals surface area contributed by atoms with Gasteiger partial charge in [-0.3, -0.25) is 4.79 Å². The van der Waals surface area contributed by atoms with E-state index >= 15 is 0 Å². The van der Waals surface area contributed by atoms with Gasteiger partial charge in [-0.05, 0) is 36.1 Å². The third-order valence-electron chi connectivity index (χ3n) is 5.25. The Kier molecular flexibility index (Phi) is 6.00. The number of piperazine rings is 1. The van der Waals surface area contributed by atoms with Crippen molar-refractivity contribution >= 4 is 15.9 Å². The number of hydrogen-bond donors (Lipinski definition) is 0. The second-order valence-corrected chi connectivity index (χ2v) is 8.97. The Morgan fingerprint density at radius 3 is 2.36 bits per heavy atom. The fourth-order valence-electron chi connectivity index (χ4n) is 3.25. The first-order valence-corrected chi connectivity index (χ1v) is 10.8. The van der Waals surface area contributed by atoms with Gasteiger partial charge < -0.3 is 10.1 Å². The minimum Gasteiger partial charge on any atom is -0.619 e. The molecule has 0 spiro atoms. The normalized spacial score (nSPS) is 16.7. The summed E-state index contributed by atoms with van der Waals surface area (Å²) in [5.74, 6) is 0.122. The maximum absolute atomic E-state index is 12.9. The molecule has 1 amide bonds. The molecular weight excluding hydrogens is 378 g/mol. The maximum atomic E-state index is 12.9. The summed E-state index contributed by atoms with van der Waals surface area (Å²) >= 11 is 0. The lowest BCUT2D eigenvalue weighted by Crippen LogP contribution is -2.50. The second kappa shape index (κ2) is 8.28. The summed E-state index contributed by atoms with van der Waals surface area (Å²) < 4.78 is 27.8. The molecule has 0 N–H and O–H groups in total. The van der Waals surface area contributed by atoms with Crippen molar-refractivity contribution in [1.82, 2.24) is 9.21 Å². The molecule has 1 saturated heterocycles. The molecule has 1 atom stereocenters. The lowest BCUT2D eigenvalue weighted by molar-refractivity contribution is -0.605. The van der Waals surface area contributed by atoms with Gasteiger partial charge >= 0.3 is 0 Å². The standard InChI is InChI=1S/C20H25N3O4S/c1-3-16(2)17-6-8-19(9-7-17)28(26,27)23-13-11-21(12-14-23)20(24)18-5-4-10-22(25)15-18/h4-10,15-16H,3,11-14H2,1-2H3. The Hall–Kier alpha value is -2.45. The molecule has 7 nitrogen and oxygen atoms in total. The Balaban J connectivity index is 1.67. The highest BCUT2D eigenvalue weighted by molar-refractivity contribution is 7.89. The fraction of sp³-hybridized carbons (Fsp3) is 0.400. The van der Waals surface area contributed by atoms with E-state index in [9.17, 15) is 18.4 Å². The lowest BCUT2D eigenvalue weighted by atomic mass is 9.99. The predicted octanol–water partition coefficient (Wildman–Crippen LogP) is 1.98. The van der Waals surface area contributed by atoms with Crippen molar-refractivity contribution in [3.8, 4) is 0 Å². The summed E-state index contributed by atoms with van der Waals surface area (Å²) in [4.78, 5) is 14.4. The van der Waals surface area contributed by atoms with E-state index in [1.54, 1.807) is 23.1 Å². The number of pyridine rings is 1. The van der Waals surface area contributed by atoms with Crippen LogP contribution < -0.4 is 4.73 Å². The smallest absolute Gasteiger partial charge is 0.260 e. The maximum Gasteiger partial charge on any atom is 0.260 e. The van der Waals surface area contributed by atoms with Gasteiger partial charge in [0.25, 0.3) is 5.91 Å². The molecule has 3 rings (SSSR count). The molecule has 0 aliphatic carbocycles. The molecule has 0 radical (unpaired) electrons. The molecule has 2 aromatic rings. The molecule has 1 aliphatic heterocycles. The Morgan fingerprint density at radius 1 is 1.14 bits per heavy atom. The summed E-state index contributed by atoms with van der Waals surface area (Å²) in [7, 11) is -3.59. The molecule has 1 aliphatic rings. The number of carbonyl (C=O) groups excluding carboxylic acids is 1. The van der Waals surface area contributed by atoms with Gasteiger partial charge in [0.2, 0.25) is 10.0 Å². The van der Waals surface area contributed by atoms with Crippen LogP contribution in [0.25, 0.3) is 0 Å². The number of rotatable bonds is 5. The van der Waals surface area contributed by atoms with Crippen LogP contribution in [-0.2, 0) is 10.0 Å².